The molecule has 0 unspecified atom stereocenters. The maximum atomic E-state index is 15.1. The highest BCUT2D eigenvalue weighted by Crippen LogP contribution is 2.45. The topological polar surface area (TPSA) is 192 Å². The summed E-state index contributed by atoms with van der Waals surface area (Å²) < 4.78 is 26.4. The summed E-state index contributed by atoms with van der Waals surface area (Å²) >= 11 is 0. The molecule has 2 amide bonds. The van der Waals surface area contributed by atoms with E-state index in [9.17, 15) is 29.1 Å². The predicted octanol–water partition coefficient (Wildman–Crippen LogP) is 0.711. The molecule has 44 heavy (non-hydrogen) atoms. The Bertz CT molecular complexity index is 1790. The first kappa shape index (κ1) is 30.8. The third-order valence-electron chi connectivity index (χ3n) is 7.92. The van der Waals surface area contributed by atoms with Crippen molar-refractivity contribution in [2.45, 2.75) is 58.9 Å². The maximum Gasteiger partial charge on any atom is 0.303 e. The first-order valence-corrected chi connectivity index (χ1v) is 14.1. The van der Waals surface area contributed by atoms with Crippen LogP contribution < -0.4 is 21.9 Å². The number of carbonyl (C=O) groups excluding carboxylic acids is 4. The normalized spacial score (nSPS) is 15.3. The zero-order chi connectivity index (χ0) is 31.9. The minimum Gasteiger partial charge on any atom is -0.461 e. The Morgan fingerprint density at radius 1 is 1.18 bits per heavy atom. The Morgan fingerprint density at radius 2 is 1.91 bits per heavy atom. The van der Waals surface area contributed by atoms with Gasteiger partial charge in [-0.2, -0.15) is 0 Å². The minimum absolute atomic E-state index is 0.0107. The molecule has 232 valence electrons. The van der Waals surface area contributed by atoms with Crippen LogP contribution in [0, 0.1) is 12.7 Å². The summed E-state index contributed by atoms with van der Waals surface area (Å²) in [5.41, 5.74) is 7.99. The molecule has 1 aliphatic heterocycles. The van der Waals surface area contributed by atoms with Crippen molar-refractivity contribution in [3.05, 3.63) is 61.7 Å². The number of rotatable bonds is 9. The first-order chi connectivity index (χ1) is 20.9. The van der Waals surface area contributed by atoms with Gasteiger partial charge in [-0.15, -0.1) is 0 Å². The quantitative estimate of drug-likeness (QED) is 0.197. The molecule has 0 fully saturated rings. The van der Waals surface area contributed by atoms with Crippen LogP contribution in [0.25, 0.3) is 22.3 Å². The number of hydrogen-bond acceptors (Lipinski definition) is 10. The molecule has 2 aliphatic rings. The number of pyridine rings is 2. The van der Waals surface area contributed by atoms with E-state index in [1.807, 2.05) is 0 Å². The number of hydrogen-bond donors (Lipinski definition) is 4. The molecule has 0 spiro atoms. The molecule has 0 saturated heterocycles. The molecule has 2 aromatic heterocycles. The third-order valence-corrected chi connectivity index (χ3v) is 7.92. The molecule has 0 saturated carbocycles. The number of nitrogens with zero attached hydrogens (tertiary/aromatic N) is 2. The molecule has 3 heterocycles. The molecule has 3 aromatic rings. The van der Waals surface area contributed by atoms with Crippen LogP contribution in [0.2, 0.25) is 0 Å². The van der Waals surface area contributed by atoms with Gasteiger partial charge in [-0.1, -0.05) is 0 Å². The number of aliphatic hydroxyl groups is 1. The fourth-order valence-corrected chi connectivity index (χ4v) is 5.91. The molecule has 5 N–H and O–H groups in total. The Kier molecular flexibility index (Phi) is 8.48. The molecule has 2 atom stereocenters. The van der Waals surface area contributed by atoms with Gasteiger partial charge in [0.05, 0.1) is 35.1 Å². The van der Waals surface area contributed by atoms with Crippen molar-refractivity contribution in [2.75, 3.05) is 19.7 Å². The number of nitrogens with one attached hydrogen (secondary N) is 2. The van der Waals surface area contributed by atoms with Crippen LogP contribution in [0.4, 0.5) is 4.39 Å². The zero-order valence-electron chi connectivity index (χ0n) is 24.4. The number of halogens is 1. The highest BCUT2D eigenvalue weighted by atomic mass is 19.1. The lowest BCUT2D eigenvalue weighted by molar-refractivity contribution is -0.146. The third kappa shape index (κ3) is 5.53. The van der Waals surface area contributed by atoms with Crippen LogP contribution in [-0.2, 0) is 48.2 Å². The zero-order valence-corrected chi connectivity index (χ0v) is 24.4. The number of nitrogens with two attached hydrogens (primary N) is 1. The molecule has 1 aliphatic carbocycles. The summed E-state index contributed by atoms with van der Waals surface area (Å²) in [6, 6.07) is 2.16. The number of benzene rings is 1. The maximum absolute atomic E-state index is 15.1. The Hall–Kier alpha value is -4.69. The molecule has 1 aromatic carbocycles. The average Bonchev–Trinajstić information content (AvgIpc) is 3.35. The van der Waals surface area contributed by atoms with Gasteiger partial charge >= 0.3 is 11.9 Å². The summed E-state index contributed by atoms with van der Waals surface area (Å²) in [6.07, 6.45) is -0.948. The molecule has 14 heteroatoms. The number of aryl methyl sites for hydroxylation is 1. The van der Waals surface area contributed by atoms with Crippen LogP contribution in [0.3, 0.4) is 0 Å². The molecular formula is C30H32FN5O8. The van der Waals surface area contributed by atoms with Gasteiger partial charge in [-0.25, -0.2) is 9.37 Å². The van der Waals surface area contributed by atoms with Gasteiger partial charge in [0.25, 0.3) is 17.4 Å². The lowest BCUT2D eigenvalue weighted by Crippen LogP contribution is -2.35. The standard InChI is InChI=1S/C30H32FN5O8/c1-13-16-4-5-21(34-24(39)12-44-15(3)38)26-18-10-36-23(27(18)35-22(25(16)26)9-20(13)31)8-17(28(40)29(41)33-7-6-32)19(30(36)42)11-43-14(2)37/h8-9,21,28,40H,4-7,10-12,32H2,1-3H3,(H,33,41)(H,34,39)/t21-,28-/m0/s1. The largest absolute Gasteiger partial charge is 0.461 e. The number of amides is 2. The number of ether oxygens (including phenoxy) is 2. The van der Waals surface area contributed by atoms with E-state index in [1.165, 1.54) is 30.5 Å². The average molecular weight is 610 g/mol. The van der Waals surface area contributed by atoms with Crippen LogP contribution in [0.15, 0.2) is 16.9 Å². The van der Waals surface area contributed by atoms with Crippen molar-refractivity contribution < 1.29 is 38.1 Å². The number of fused-ring (bicyclic) bond motifs is 4. The fourth-order valence-electron chi connectivity index (χ4n) is 5.91. The highest BCUT2D eigenvalue weighted by molar-refractivity contribution is 5.94. The number of aliphatic hydroxyl groups excluding tert-OH is 1. The second-order valence-corrected chi connectivity index (χ2v) is 10.8. The van der Waals surface area contributed by atoms with Crippen LogP contribution in [-0.4, -0.2) is 58.1 Å². The van der Waals surface area contributed by atoms with Crippen molar-refractivity contribution >= 4 is 34.7 Å². The van der Waals surface area contributed by atoms with Gasteiger partial charge in [0.2, 0.25) is 0 Å². The van der Waals surface area contributed by atoms with E-state index in [4.69, 9.17) is 20.2 Å². The summed E-state index contributed by atoms with van der Waals surface area (Å²) in [4.78, 5) is 67.0. The smallest absolute Gasteiger partial charge is 0.303 e. The van der Waals surface area contributed by atoms with Crippen molar-refractivity contribution in [3.63, 3.8) is 0 Å². The van der Waals surface area contributed by atoms with E-state index < -0.39 is 60.5 Å². The Morgan fingerprint density at radius 3 is 2.59 bits per heavy atom. The van der Waals surface area contributed by atoms with Crippen molar-refractivity contribution in [1.29, 1.82) is 0 Å². The fraction of sp³-hybridized carbons (Fsp3) is 0.400. The van der Waals surface area contributed by atoms with Gasteiger partial charge in [0.15, 0.2) is 12.7 Å². The molecule has 0 bridgehead atoms. The number of carbonyl (C=O) groups is 4. The number of esters is 2. The van der Waals surface area contributed by atoms with E-state index >= 15 is 4.39 Å². The first-order valence-electron chi connectivity index (χ1n) is 14.1. The van der Waals surface area contributed by atoms with Crippen molar-refractivity contribution in [1.82, 2.24) is 20.2 Å². The molecular weight excluding hydrogens is 577 g/mol. The highest BCUT2D eigenvalue weighted by Gasteiger charge is 2.36. The van der Waals surface area contributed by atoms with Crippen molar-refractivity contribution in [2.24, 2.45) is 5.73 Å². The summed E-state index contributed by atoms with van der Waals surface area (Å²) in [5, 5.41) is 17.0. The van der Waals surface area contributed by atoms with Crippen LogP contribution in [0.1, 0.15) is 65.8 Å². The molecule has 5 rings (SSSR count). The van der Waals surface area contributed by atoms with E-state index in [2.05, 4.69) is 10.6 Å². The van der Waals surface area contributed by atoms with E-state index in [1.54, 1.807) is 6.92 Å². The van der Waals surface area contributed by atoms with Gasteiger partial charge in [-0.05, 0) is 42.5 Å². The van der Waals surface area contributed by atoms with Crippen molar-refractivity contribution in [3.8, 4) is 11.4 Å². The monoisotopic (exact) mass is 609 g/mol. The van der Waals surface area contributed by atoms with E-state index in [-0.39, 0.29) is 36.5 Å². The van der Waals surface area contributed by atoms with E-state index in [0.29, 0.717) is 46.1 Å². The van der Waals surface area contributed by atoms with Gasteiger partial charge in [0.1, 0.15) is 12.4 Å². The summed E-state index contributed by atoms with van der Waals surface area (Å²) in [6.45, 7) is 3.27. The molecule has 13 nitrogen and oxygen atoms in total. The van der Waals surface area contributed by atoms with E-state index in [0.717, 1.165) is 5.56 Å². The lowest BCUT2D eigenvalue weighted by atomic mass is 9.81. The second kappa shape index (κ2) is 12.1. The Balaban J connectivity index is 1.70. The Labute approximate surface area is 250 Å². The predicted molar refractivity (Wildman–Crippen MR) is 154 cm³/mol. The van der Waals surface area contributed by atoms with Gasteiger partial charge < -0.3 is 35.5 Å². The van der Waals surface area contributed by atoms with Gasteiger partial charge in [0, 0.05) is 49.5 Å². The molecule has 0 radical (unpaired) electrons. The van der Waals surface area contributed by atoms with Crippen LogP contribution >= 0.6 is 0 Å². The number of aromatic nitrogens is 2. The van der Waals surface area contributed by atoms with Crippen LogP contribution in [0.5, 0.6) is 0 Å². The minimum atomic E-state index is -1.80. The van der Waals surface area contributed by atoms with Gasteiger partial charge in [-0.3, -0.25) is 24.0 Å². The summed E-state index contributed by atoms with van der Waals surface area (Å²) in [7, 11) is 0. The SMILES string of the molecule is CC(=O)OCC(=O)N[C@H]1CCc2c(C)c(F)cc3nc4c(c1c23)Cn1c-4cc([C@H](O)C(=O)NCCN)c(COC(C)=O)c1=O. The second-order valence-electron chi connectivity index (χ2n) is 10.8. The summed E-state index contributed by atoms with van der Waals surface area (Å²) in [5.74, 6) is -3.07. The lowest BCUT2D eigenvalue weighted by Gasteiger charge is -2.29.